The molecule has 1 aliphatic carbocycles. The number of aryl methyl sites for hydroxylation is 1. The van der Waals surface area contributed by atoms with Gasteiger partial charge in [-0.3, -0.25) is 4.98 Å². The largest absolute Gasteiger partial charge is 0.368 e. The molecular weight excluding hydrogens is 358 g/mol. The quantitative estimate of drug-likeness (QED) is 0.566. The van der Waals surface area contributed by atoms with Gasteiger partial charge < -0.3 is 14.8 Å². The fourth-order valence-corrected chi connectivity index (χ4v) is 3.48. The number of hydrogen-bond acceptors (Lipinski definition) is 9. The molecule has 1 aliphatic rings. The molecule has 28 heavy (non-hydrogen) atoms. The van der Waals surface area contributed by atoms with Crippen LogP contribution >= 0.6 is 0 Å². The van der Waals surface area contributed by atoms with Gasteiger partial charge >= 0.3 is 0 Å². The molecule has 0 bridgehead atoms. The van der Waals surface area contributed by atoms with E-state index in [0.29, 0.717) is 17.5 Å². The van der Waals surface area contributed by atoms with Gasteiger partial charge in [0.25, 0.3) is 5.89 Å². The highest BCUT2D eigenvalue weighted by Crippen LogP contribution is 2.48. The SMILES string of the molecule is Cn1cnnc1-c1nc(C2(c3ccc(-c4cnc(N)nc4)nc3)CCC2)no1. The lowest BCUT2D eigenvalue weighted by Gasteiger charge is -2.39. The zero-order valence-electron chi connectivity index (χ0n) is 15.1. The van der Waals surface area contributed by atoms with Crippen LogP contribution in [0, 0.1) is 0 Å². The van der Waals surface area contributed by atoms with Gasteiger partial charge in [-0.15, -0.1) is 10.2 Å². The normalized spacial score (nSPS) is 15.3. The average Bonchev–Trinajstić information content (AvgIpc) is 3.31. The number of pyridine rings is 1. The minimum atomic E-state index is -0.288. The van der Waals surface area contributed by atoms with Crippen LogP contribution in [-0.4, -0.2) is 39.9 Å². The van der Waals surface area contributed by atoms with Crippen molar-refractivity contribution in [1.82, 2.24) is 39.9 Å². The predicted molar refractivity (Wildman–Crippen MR) is 98.6 cm³/mol. The molecule has 0 spiro atoms. The third kappa shape index (κ3) is 2.53. The molecule has 0 aromatic carbocycles. The summed E-state index contributed by atoms with van der Waals surface area (Å²) >= 11 is 0. The van der Waals surface area contributed by atoms with Gasteiger partial charge in [0, 0.05) is 31.2 Å². The van der Waals surface area contributed by atoms with Gasteiger partial charge in [-0.05, 0) is 24.5 Å². The zero-order valence-corrected chi connectivity index (χ0v) is 15.1. The summed E-state index contributed by atoms with van der Waals surface area (Å²) in [5, 5.41) is 12.1. The Balaban J connectivity index is 1.48. The molecule has 0 aliphatic heterocycles. The first-order valence-electron chi connectivity index (χ1n) is 8.89. The topological polar surface area (TPSA) is 134 Å². The average molecular weight is 375 g/mol. The second-order valence-electron chi connectivity index (χ2n) is 6.89. The van der Waals surface area contributed by atoms with Crippen molar-refractivity contribution in [2.45, 2.75) is 24.7 Å². The van der Waals surface area contributed by atoms with E-state index < -0.39 is 0 Å². The van der Waals surface area contributed by atoms with E-state index in [-0.39, 0.29) is 11.4 Å². The van der Waals surface area contributed by atoms with E-state index in [2.05, 4.69) is 41.4 Å². The fraction of sp³-hybridized carbons (Fsp3) is 0.278. The summed E-state index contributed by atoms with van der Waals surface area (Å²) in [6, 6.07) is 4.00. The Morgan fingerprint density at radius 1 is 1.11 bits per heavy atom. The molecule has 2 N–H and O–H groups in total. The molecule has 140 valence electrons. The summed E-state index contributed by atoms with van der Waals surface area (Å²) in [5.41, 5.74) is 7.91. The molecule has 0 radical (unpaired) electrons. The summed E-state index contributed by atoms with van der Waals surface area (Å²) < 4.78 is 7.21. The number of nitrogens with zero attached hydrogens (tertiary/aromatic N) is 8. The van der Waals surface area contributed by atoms with Crippen LogP contribution in [0.5, 0.6) is 0 Å². The van der Waals surface area contributed by atoms with Crippen LogP contribution in [0.2, 0.25) is 0 Å². The second kappa shape index (κ2) is 6.19. The lowest BCUT2D eigenvalue weighted by molar-refractivity contribution is 0.272. The maximum Gasteiger partial charge on any atom is 0.295 e. The first-order chi connectivity index (χ1) is 13.7. The Bertz CT molecular complexity index is 1110. The molecule has 0 saturated heterocycles. The molecule has 4 aromatic rings. The Morgan fingerprint density at radius 2 is 1.93 bits per heavy atom. The first kappa shape index (κ1) is 16.5. The number of hydrogen-bond donors (Lipinski definition) is 1. The van der Waals surface area contributed by atoms with Crippen molar-refractivity contribution in [2.75, 3.05) is 5.73 Å². The van der Waals surface area contributed by atoms with Crippen molar-refractivity contribution >= 4 is 5.95 Å². The van der Waals surface area contributed by atoms with Crippen LogP contribution in [0.15, 0.2) is 41.6 Å². The Labute approximate surface area is 159 Å². The fourth-order valence-electron chi connectivity index (χ4n) is 3.48. The molecule has 0 unspecified atom stereocenters. The van der Waals surface area contributed by atoms with E-state index in [1.165, 1.54) is 0 Å². The number of anilines is 1. The van der Waals surface area contributed by atoms with Gasteiger partial charge in [0.05, 0.1) is 11.1 Å². The van der Waals surface area contributed by atoms with Crippen molar-refractivity contribution in [3.8, 4) is 23.0 Å². The summed E-state index contributed by atoms with van der Waals surface area (Å²) in [6.45, 7) is 0. The van der Waals surface area contributed by atoms with Crippen LogP contribution in [0.3, 0.4) is 0 Å². The summed E-state index contributed by atoms with van der Waals surface area (Å²) in [6.07, 6.45) is 9.77. The number of nitrogens with two attached hydrogens (primary N) is 1. The zero-order chi connectivity index (χ0) is 19.1. The van der Waals surface area contributed by atoms with Crippen molar-refractivity contribution < 1.29 is 4.52 Å². The molecule has 0 amide bonds. The van der Waals surface area contributed by atoms with Gasteiger partial charge in [0.1, 0.15) is 6.33 Å². The van der Waals surface area contributed by atoms with E-state index in [1.807, 2.05) is 19.3 Å². The van der Waals surface area contributed by atoms with E-state index in [0.717, 1.165) is 36.1 Å². The highest BCUT2D eigenvalue weighted by atomic mass is 16.5. The number of nitrogen functional groups attached to an aromatic ring is 1. The smallest absolute Gasteiger partial charge is 0.295 e. The number of rotatable bonds is 4. The van der Waals surface area contributed by atoms with Gasteiger partial charge in [-0.25, -0.2) is 9.97 Å². The maximum atomic E-state index is 5.55. The summed E-state index contributed by atoms with van der Waals surface area (Å²) in [7, 11) is 1.84. The molecule has 1 fully saturated rings. The van der Waals surface area contributed by atoms with E-state index in [4.69, 9.17) is 10.3 Å². The Hall–Kier alpha value is -3.69. The molecular formula is C18H17N9O. The molecule has 10 heteroatoms. The standard InChI is InChI=1S/C18H17N9O/c1-27-10-23-25-14(27)15-24-16(26-28-15)18(5-2-6-18)12-3-4-13(20-9-12)11-7-21-17(19)22-8-11/h3-4,7-10H,2,5-6H2,1H3,(H2,19,21,22). The van der Waals surface area contributed by atoms with Crippen LogP contribution in [-0.2, 0) is 12.5 Å². The highest BCUT2D eigenvalue weighted by molar-refractivity contribution is 5.57. The maximum absolute atomic E-state index is 5.55. The molecule has 0 atom stereocenters. The third-order valence-electron chi connectivity index (χ3n) is 5.25. The van der Waals surface area contributed by atoms with Crippen molar-refractivity contribution in [3.63, 3.8) is 0 Å². The van der Waals surface area contributed by atoms with Crippen LogP contribution in [0.4, 0.5) is 5.95 Å². The van der Waals surface area contributed by atoms with Crippen LogP contribution in [0.25, 0.3) is 23.0 Å². The molecule has 4 aromatic heterocycles. The van der Waals surface area contributed by atoms with Crippen LogP contribution < -0.4 is 5.73 Å². The molecule has 5 rings (SSSR count). The van der Waals surface area contributed by atoms with Gasteiger partial charge in [-0.2, -0.15) is 4.98 Å². The van der Waals surface area contributed by atoms with Crippen LogP contribution in [0.1, 0.15) is 30.7 Å². The van der Waals surface area contributed by atoms with Crippen molar-refractivity contribution in [2.24, 2.45) is 7.05 Å². The van der Waals surface area contributed by atoms with E-state index in [9.17, 15) is 0 Å². The Kier molecular flexibility index (Phi) is 3.64. The molecule has 1 saturated carbocycles. The lowest BCUT2D eigenvalue weighted by Crippen LogP contribution is -2.36. The van der Waals surface area contributed by atoms with Crippen molar-refractivity contribution in [1.29, 1.82) is 0 Å². The van der Waals surface area contributed by atoms with Gasteiger partial charge in [0.15, 0.2) is 5.82 Å². The summed E-state index contributed by atoms with van der Waals surface area (Å²) in [5.74, 6) is 1.81. The Morgan fingerprint density at radius 3 is 2.54 bits per heavy atom. The minimum Gasteiger partial charge on any atom is -0.368 e. The highest BCUT2D eigenvalue weighted by Gasteiger charge is 2.45. The third-order valence-corrected chi connectivity index (χ3v) is 5.25. The molecule has 10 nitrogen and oxygen atoms in total. The minimum absolute atomic E-state index is 0.240. The number of aromatic nitrogens is 8. The summed E-state index contributed by atoms with van der Waals surface area (Å²) in [4.78, 5) is 17.2. The van der Waals surface area contributed by atoms with E-state index in [1.54, 1.807) is 23.3 Å². The predicted octanol–water partition coefficient (Wildman–Crippen LogP) is 1.77. The second-order valence-corrected chi connectivity index (χ2v) is 6.89. The van der Waals surface area contributed by atoms with Gasteiger partial charge in [-0.1, -0.05) is 17.6 Å². The van der Waals surface area contributed by atoms with Crippen molar-refractivity contribution in [3.05, 3.63) is 48.4 Å². The first-order valence-corrected chi connectivity index (χ1v) is 8.89. The van der Waals surface area contributed by atoms with Gasteiger partial charge in [0.2, 0.25) is 11.8 Å². The monoisotopic (exact) mass is 375 g/mol. The lowest BCUT2D eigenvalue weighted by atomic mass is 9.64. The van der Waals surface area contributed by atoms with E-state index >= 15 is 0 Å². The molecule has 4 heterocycles.